The van der Waals surface area contributed by atoms with E-state index in [1.54, 1.807) is 13.8 Å². The maximum Gasteiger partial charge on any atom is 0.239 e. The minimum Gasteiger partial charge on any atom is -0.352 e. The van der Waals surface area contributed by atoms with E-state index < -0.39 is 5.54 Å². The van der Waals surface area contributed by atoms with Crippen LogP contribution in [0.25, 0.3) is 0 Å². The number of benzene rings is 1. The number of nitrogens with one attached hydrogen (secondary N) is 1. The molecule has 1 amide bonds. The zero-order valence-corrected chi connectivity index (χ0v) is 12.8. The van der Waals surface area contributed by atoms with E-state index in [0.717, 1.165) is 17.3 Å². The van der Waals surface area contributed by atoms with Crippen LogP contribution in [0, 0.1) is 0 Å². The molecule has 0 fully saturated rings. The third-order valence-electron chi connectivity index (χ3n) is 2.74. The van der Waals surface area contributed by atoms with E-state index >= 15 is 0 Å². The quantitative estimate of drug-likeness (QED) is 0.878. The first-order valence-corrected chi connectivity index (χ1v) is 6.92. The van der Waals surface area contributed by atoms with Crippen molar-refractivity contribution in [2.75, 3.05) is 0 Å². The van der Waals surface area contributed by atoms with E-state index in [4.69, 9.17) is 5.73 Å². The Bertz CT molecular complexity index is 395. The van der Waals surface area contributed by atoms with Crippen molar-refractivity contribution in [2.24, 2.45) is 5.73 Å². The van der Waals surface area contributed by atoms with E-state index in [9.17, 15) is 4.79 Å². The molecule has 1 rings (SSSR count). The van der Waals surface area contributed by atoms with Gasteiger partial charge < -0.3 is 11.1 Å². The lowest BCUT2D eigenvalue weighted by atomic mass is 10.0. The molecule has 3 nitrogen and oxygen atoms in total. The van der Waals surface area contributed by atoms with E-state index in [-0.39, 0.29) is 11.9 Å². The van der Waals surface area contributed by atoms with Gasteiger partial charge in [-0.3, -0.25) is 4.79 Å². The number of carbonyl (C=O) groups excluding carboxylic acids is 1. The molecule has 0 spiro atoms. The standard InChI is InChI=1S/C14H21BrN2O/c1-10(17-13(18)14(2,3)16)4-5-11-6-8-12(15)9-7-11/h6-10H,4-5,16H2,1-3H3,(H,17,18). The average molecular weight is 313 g/mol. The van der Waals surface area contributed by atoms with Crippen LogP contribution in [0.3, 0.4) is 0 Å². The van der Waals surface area contributed by atoms with E-state index in [2.05, 4.69) is 33.4 Å². The molecule has 0 aromatic heterocycles. The van der Waals surface area contributed by atoms with Crippen LogP contribution in [0.2, 0.25) is 0 Å². The van der Waals surface area contributed by atoms with Crippen molar-refractivity contribution in [3.63, 3.8) is 0 Å². The van der Waals surface area contributed by atoms with Gasteiger partial charge in [0.2, 0.25) is 5.91 Å². The number of nitrogens with two attached hydrogens (primary N) is 1. The third-order valence-corrected chi connectivity index (χ3v) is 3.27. The lowest BCUT2D eigenvalue weighted by molar-refractivity contribution is -0.125. The molecule has 0 heterocycles. The van der Waals surface area contributed by atoms with Gasteiger partial charge in [0, 0.05) is 10.5 Å². The van der Waals surface area contributed by atoms with Crippen molar-refractivity contribution < 1.29 is 4.79 Å². The largest absolute Gasteiger partial charge is 0.352 e. The molecule has 0 saturated carbocycles. The van der Waals surface area contributed by atoms with Gasteiger partial charge in [-0.25, -0.2) is 0 Å². The minimum absolute atomic E-state index is 0.106. The zero-order chi connectivity index (χ0) is 13.8. The molecule has 1 unspecified atom stereocenters. The summed E-state index contributed by atoms with van der Waals surface area (Å²) in [7, 11) is 0. The van der Waals surface area contributed by atoms with Crippen LogP contribution < -0.4 is 11.1 Å². The molecule has 0 radical (unpaired) electrons. The van der Waals surface area contributed by atoms with Crippen LogP contribution in [0.5, 0.6) is 0 Å². The summed E-state index contributed by atoms with van der Waals surface area (Å²) in [4.78, 5) is 11.7. The highest BCUT2D eigenvalue weighted by molar-refractivity contribution is 9.10. The van der Waals surface area contributed by atoms with Gasteiger partial charge in [0.05, 0.1) is 5.54 Å². The Labute approximate surface area is 117 Å². The van der Waals surface area contributed by atoms with E-state index in [1.807, 2.05) is 19.1 Å². The second kappa shape index (κ2) is 6.34. The van der Waals surface area contributed by atoms with Gasteiger partial charge in [0.25, 0.3) is 0 Å². The minimum atomic E-state index is -0.814. The van der Waals surface area contributed by atoms with Crippen LogP contribution in [-0.2, 0) is 11.2 Å². The second-order valence-electron chi connectivity index (χ2n) is 5.26. The van der Waals surface area contributed by atoms with Crippen molar-refractivity contribution in [3.05, 3.63) is 34.3 Å². The SMILES string of the molecule is CC(CCc1ccc(Br)cc1)NC(=O)C(C)(C)N. The smallest absolute Gasteiger partial charge is 0.239 e. The van der Waals surface area contributed by atoms with E-state index in [0.29, 0.717) is 0 Å². The third kappa shape index (κ3) is 5.19. The number of hydrogen-bond donors (Lipinski definition) is 2. The summed E-state index contributed by atoms with van der Waals surface area (Å²) in [5, 5.41) is 2.93. The second-order valence-corrected chi connectivity index (χ2v) is 6.18. The number of amides is 1. The van der Waals surface area contributed by atoms with E-state index in [1.165, 1.54) is 5.56 Å². The molecule has 100 valence electrons. The zero-order valence-electron chi connectivity index (χ0n) is 11.2. The van der Waals surface area contributed by atoms with Gasteiger partial charge in [-0.05, 0) is 51.3 Å². The summed E-state index contributed by atoms with van der Waals surface area (Å²) in [6.45, 7) is 5.43. The van der Waals surface area contributed by atoms with Crippen molar-refractivity contribution in [2.45, 2.75) is 45.2 Å². The van der Waals surface area contributed by atoms with Crippen molar-refractivity contribution in [3.8, 4) is 0 Å². The lowest BCUT2D eigenvalue weighted by Gasteiger charge is -2.21. The Hall–Kier alpha value is -0.870. The van der Waals surface area contributed by atoms with Crippen LogP contribution in [0.15, 0.2) is 28.7 Å². The van der Waals surface area contributed by atoms with Crippen molar-refractivity contribution >= 4 is 21.8 Å². The molecule has 1 atom stereocenters. The molecule has 18 heavy (non-hydrogen) atoms. The Morgan fingerprint density at radius 1 is 1.39 bits per heavy atom. The summed E-state index contributed by atoms with van der Waals surface area (Å²) in [6, 6.07) is 8.36. The average Bonchev–Trinajstić information content (AvgIpc) is 2.27. The van der Waals surface area contributed by atoms with Crippen LogP contribution >= 0.6 is 15.9 Å². The highest BCUT2D eigenvalue weighted by Crippen LogP contribution is 2.12. The topological polar surface area (TPSA) is 55.1 Å². The summed E-state index contributed by atoms with van der Waals surface area (Å²) in [5.74, 6) is -0.106. The highest BCUT2D eigenvalue weighted by atomic mass is 79.9. The monoisotopic (exact) mass is 312 g/mol. The van der Waals surface area contributed by atoms with Gasteiger partial charge >= 0.3 is 0 Å². The van der Waals surface area contributed by atoms with Gasteiger partial charge in [-0.15, -0.1) is 0 Å². The fourth-order valence-electron chi connectivity index (χ4n) is 1.52. The Balaban J connectivity index is 2.40. The molecular weight excluding hydrogens is 292 g/mol. The molecule has 1 aromatic carbocycles. The molecule has 3 N–H and O–H groups in total. The van der Waals surface area contributed by atoms with Gasteiger partial charge in [-0.2, -0.15) is 0 Å². The van der Waals surface area contributed by atoms with Crippen LogP contribution in [0.4, 0.5) is 0 Å². The number of hydrogen-bond acceptors (Lipinski definition) is 2. The predicted octanol–water partition coefficient (Wildman–Crippen LogP) is 2.62. The van der Waals surface area contributed by atoms with Crippen molar-refractivity contribution in [1.29, 1.82) is 0 Å². The molecular formula is C14H21BrN2O. The summed E-state index contributed by atoms with van der Waals surface area (Å²) >= 11 is 3.41. The van der Waals surface area contributed by atoms with Gasteiger partial charge in [-0.1, -0.05) is 28.1 Å². The Morgan fingerprint density at radius 3 is 2.44 bits per heavy atom. The lowest BCUT2D eigenvalue weighted by Crippen LogP contribution is -2.51. The van der Waals surface area contributed by atoms with Gasteiger partial charge in [0.1, 0.15) is 0 Å². The number of rotatable bonds is 5. The number of halogens is 1. The predicted molar refractivity (Wildman–Crippen MR) is 78.3 cm³/mol. The molecule has 4 heteroatoms. The first kappa shape index (κ1) is 15.2. The summed E-state index contributed by atoms with van der Waals surface area (Å²) in [5.41, 5.74) is 6.19. The maximum absolute atomic E-state index is 11.7. The Morgan fingerprint density at radius 2 is 1.94 bits per heavy atom. The molecule has 0 aliphatic rings. The molecule has 1 aromatic rings. The molecule has 0 saturated heterocycles. The van der Waals surface area contributed by atoms with Gasteiger partial charge in [0.15, 0.2) is 0 Å². The summed E-state index contributed by atoms with van der Waals surface area (Å²) in [6.07, 6.45) is 1.85. The Kier molecular flexibility index (Phi) is 5.35. The fraction of sp³-hybridized carbons (Fsp3) is 0.500. The maximum atomic E-state index is 11.7. The van der Waals surface area contributed by atoms with Crippen LogP contribution in [0.1, 0.15) is 32.8 Å². The fourth-order valence-corrected chi connectivity index (χ4v) is 1.78. The summed E-state index contributed by atoms with van der Waals surface area (Å²) < 4.78 is 1.08. The molecule has 0 aliphatic carbocycles. The van der Waals surface area contributed by atoms with Crippen molar-refractivity contribution in [1.82, 2.24) is 5.32 Å². The normalized spacial score (nSPS) is 13.2. The molecule has 0 aliphatic heterocycles. The first-order chi connectivity index (χ1) is 8.29. The molecule has 0 bridgehead atoms. The van der Waals surface area contributed by atoms with Crippen LogP contribution in [-0.4, -0.2) is 17.5 Å². The highest BCUT2D eigenvalue weighted by Gasteiger charge is 2.22. The number of carbonyl (C=O) groups is 1. The first-order valence-electron chi connectivity index (χ1n) is 6.13. The number of aryl methyl sites for hydroxylation is 1.